The van der Waals surface area contributed by atoms with Gasteiger partial charge in [-0.25, -0.2) is 9.59 Å². The quantitative estimate of drug-likeness (QED) is 0.461. The summed E-state index contributed by atoms with van der Waals surface area (Å²) in [6.07, 6.45) is 1.07. The Morgan fingerprint density at radius 3 is 2.45 bits per heavy atom. The Morgan fingerprint density at radius 1 is 1.05 bits per heavy atom. The fraction of sp³-hybridized carbons (Fsp3) is 0.414. The predicted molar refractivity (Wildman–Crippen MR) is 143 cm³/mol. The smallest absolute Gasteiger partial charge is 0.407 e. The molecule has 2 amide bonds. The molecule has 0 unspecified atom stereocenters. The van der Waals surface area contributed by atoms with Gasteiger partial charge < -0.3 is 28.8 Å². The number of piperidine rings is 1. The Labute approximate surface area is 221 Å². The van der Waals surface area contributed by atoms with E-state index in [1.54, 1.807) is 23.1 Å². The highest BCUT2D eigenvalue weighted by Crippen LogP contribution is 2.35. The van der Waals surface area contributed by atoms with E-state index in [0.717, 1.165) is 24.0 Å². The van der Waals surface area contributed by atoms with Crippen LogP contribution in [0.25, 0.3) is 11.0 Å². The number of likely N-dealkylation sites (tertiary alicyclic amines) is 1. The molecule has 1 saturated heterocycles. The summed E-state index contributed by atoms with van der Waals surface area (Å²) in [5.41, 5.74) is 1.12. The highest BCUT2D eigenvalue weighted by atomic mass is 16.6. The predicted octanol–water partition coefficient (Wildman–Crippen LogP) is 4.85. The van der Waals surface area contributed by atoms with Crippen molar-refractivity contribution in [3.05, 3.63) is 69.6 Å². The van der Waals surface area contributed by atoms with Crippen LogP contribution >= 0.6 is 0 Å². The Balaban J connectivity index is 1.41. The van der Waals surface area contributed by atoms with Crippen LogP contribution in [0.5, 0.6) is 11.5 Å². The lowest BCUT2D eigenvalue weighted by Gasteiger charge is -2.32. The normalized spacial score (nSPS) is 14.3. The summed E-state index contributed by atoms with van der Waals surface area (Å²) in [6, 6.07) is 13.1. The number of hydrogen-bond donors (Lipinski definition) is 1. The maximum absolute atomic E-state index is 13.2. The Kier molecular flexibility index (Phi) is 7.94. The van der Waals surface area contributed by atoms with Crippen molar-refractivity contribution in [3.63, 3.8) is 0 Å². The maximum atomic E-state index is 13.2. The van der Waals surface area contributed by atoms with E-state index < -0.39 is 17.3 Å². The minimum atomic E-state index is -0.707. The second kappa shape index (κ2) is 11.2. The third kappa shape index (κ3) is 6.10. The molecule has 9 heteroatoms. The molecule has 0 radical (unpaired) electrons. The summed E-state index contributed by atoms with van der Waals surface area (Å²) in [4.78, 5) is 39.7. The fourth-order valence-corrected chi connectivity index (χ4v) is 4.68. The van der Waals surface area contributed by atoms with Gasteiger partial charge in [0, 0.05) is 25.0 Å². The highest BCUT2D eigenvalue weighted by Gasteiger charge is 2.27. The lowest BCUT2D eigenvalue weighted by molar-refractivity contribution is 0.0523. The average Bonchev–Trinajstić information content (AvgIpc) is 2.89. The van der Waals surface area contributed by atoms with E-state index in [4.69, 9.17) is 18.6 Å². The van der Waals surface area contributed by atoms with Crippen molar-refractivity contribution in [1.29, 1.82) is 0 Å². The first kappa shape index (κ1) is 27.0. The van der Waals surface area contributed by atoms with Gasteiger partial charge in [0.05, 0.1) is 14.2 Å². The van der Waals surface area contributed by atoms with Crippen molar-refractivity contribution >= 4 is 23.0 Å². The number of carbonyl (C=O) groups excluding carboxylic acids is 2. The van der Waals surface area contributed by atoms with Gasteiger partial charge in [0.15, 0.2) is 11.3 Å². The molecule has 0 saturated carbocycles. The fourth-order valence-electron chi connectivity index (χ4n) is 4.68. The third-order valence-corrected chi connectivity index (χ3v) is 6.52. The lowest BCUT2D eigenvalue weighted by Crippen LogP contribution is -2.39. The van der Waals surface area contributed by atoms with Crippen molar-refractivity contribution in [3.8, 4) is 11.5 Å². The maximum Gasteiger partial charge on any atom is 0.407 e. The largest absolute Gasteiger partial charge is 0.493 e. The van der Waals surface area contributed by atoms with Crippen LogP contribution in [0.2, 0.25) is 0 Å². The average molecular weight is 523 g/mol. The minimum Gasteiger partial charge on any atom is -0.493 e. The lowest BCUT2D eigenvalue weighted by atomic mass is 9.88. The zero-order chi connectivity index (χ0) is 27.4. The molecule has 1 N–H and O–H groups in total. The first-order valence-electron chi connectivity index (χ1n) is 12.6. The number of carbonyl (C=O) groups is 2. The Bertz CT molecular complexity index is 1380. The van der Waals surface area contributed by atoms with Crippen LogP contribution in [0.4, 0.5) is 4.79 Å². The molecule has 1 aliphatic rings. The van der Waals surface area contributed by atoms with Gasteiger partial charge in [-0.15, -0.1) is 0 Å². The summed E-state index contributed by atoms with van der Waals surface area (Å²) < 4.78 is 21.4. The van der Waals surface area contributed by atoms with Crippen molar-refractivity contribution < 1.29 is 28.2 Å². The molecular formula is C29H34N2O7. The molecule has 0 atom stereocenters. The SMILES string of the molecule is COc1ccc2cc(C(=O)N3CCC(c4cccc(CNC(=O)OC(C)(C)C)c4)CC3)c(=O)oc2c1OC. The molecule has 1 fully saturated rings. The van der Waals surface area contributed by atoms with Gasteiger partial charge in [-0.3, -0.25) is 4.79 Å². The van der Waals surface area contributed by atoms with E-state index >= 15 is 0 Å². The van der Waals surface area contributed by atoms with Crippen LogP contribution in [-0.2, 0) is 11.3 Å². The molecule has 2 heterocycles. The first-order chi connectivity index (χ1) is 18.1. The monoisotopic (exact) mass is 522 g/mol. The van der Waals surface area contributed by atoms with Crippen LogP contribution < -0.4 is 20.4 Å². The highest BCUT2D eigenvalue weighted by molar-refractivity contribution is 5.97. The summed E-state index contributed by atoms with van der Waals surface area (Å²) in [5.74, 6) is 0.675. The number of ether oxygens (including phenoxy) is 3. The van der Waals surface area contributed by atoms with Crippen LogP contribution in [0.15, 0.2) is 51.7 Å². The number of alkyl carbamates (subject to hydrolysis) is 1. The molecular weight excluding hydrogens is 488 g/mol. The van der Waals surface area contributed by atoms with E-state index in [9.17, 15) is 14.4 Å². The molecule has 3 aromatic rings. The second-order valence-corrected chi connectivity index (χ2v) is 10.3. The molecule has 9 nitrogen and oxygen atoms in total. The number of nitrogens with one attached hydrogen (secondary N) is 1. The Morgan fingerprint density at radius 2 is 1.79 bits per heavy atom. The van der Waals surface area contributed by atoms with E-state index in [0.29, 0.717) is 36.5 Å². The number of fused-ring (bicyclic) bond motifs is 1. The van der Waals surface area contributed by atoms with Gasteiger partial charge in [0.2, 0.25) is 5.75 Å². The third-order valence-electron chi connectivity index (χ3n) is 6.52. The number of hydrogen-bond acceptors (Lipinski definition) is 7. The summed E-state index contributed by atoms with van der Waals surface area (Å²) in [5, 5.41) is 3.37. The van der Waals surface area contributed by atoms with Crippen LogP contribution in [0.3, 0.4) is 0 Å². The van der Waals surface area contributed by atoms with Crippen molar-refractivity contribution in [2.24, 2.45) is 0 Å². The van der Waals surface area contributed by atoms with Crippen molar-refractivity contribution in [2.45, 2.75) is 51.7 Å². The first-order valence-corrected chi connectivity index (χ1v) is 12.6. The standard InChI is InChI=1S/C29H34N2O7/c1-29(2,3)38-28(34)30-17-18-7-6-8-20(15-18)19-11-13-31(14-12-19)26(32)22-16-21-9-10-23(35-4)25(36-5)24(21)37-27(22)33/h6-10,15-16,19H,11-14,17H2,1-5H3,(H,30,34). The van der Waals surface area contributed by atoms with Gasteiger partial charge in [-0.2, -0.15) is 0 Å². The van der Waals surface area contributed by atoms with Gasteiger partial charge in [0.25, 0.3) is 5.91 Å². The van der Waals surface area contributed by atoms with E-state index in [2.05, 4.69) is 17.4 Å². The molecule has 0 bridgehead atoms. The molecule has 0 aliphatic carbocycles. The van der Waals surface area contributed by atoms with Gasteiger partial charge in [0.1, 0.15) is 11.2 Å². The topological polar surface area (TPSA) is 107 Å². The number of amides is 2. The van der Waals surface area contributed by atoms with Crippen LogP contribution in [0, 0.1) is 0 Å². The van der Waals surface area contributed by atoms with Gasteiger partial charge in [-0.05, 0) is 68.9 Å². The molecule has 0 spiro atoms. The summed E-state index contributed by atoms with van der Waals surface area (Å²) in [7, 11) is 2.97. The zero-order valence-electron chi connectivity index (χ0n) is 22.5. The van der Waals surface area contributed by atoms with Gasteiger partial charge >= 0.3 is 11.7 Å². The number of nitrogens with zero attached hydrogens (tertiary/aromatic N) is 1. The van der Waals surface area contributed by atoms with Crippen LogP contribution in [-0.4, -0.2) is 49.8 Å². The molecule has 38 heavy (non-hydrogen) atoms. The van der Waals surface area contributed by atoms with E-state index in [1.165, 1.54) is 14.2 Å². The molecule has 1 aromatic heterocycles. The molecule has 2 aromatic carbocycles. The van der Waals surface area contributed by atoms with E-state index in [-0.39, 0.29) is 23.0 Å². The number of methoxy groups -OCH3 is 2. The molecule has 1 aliphatic heterocycles. The van der Waals surface area contributed by atoms with Crippen LogP contribution in [0.1, 0.15) is 61.0 Å². The minimum absolute atomic E-state index is 0.00150. The van der Waals surface area contributed by atoms with Crippen molar-refractivity contribution in [2.75, 3.05) is 27.3 Å². The van der Waals surface area contributed by atoms with Gasteiger partial charge in [-0.1, -0.05) is 24.3 Å². The van der Waals surface area contributed by atoms with Crippen molar-refractivity contribution in [1.82, 2.24) is 10.2 Å². The summed E-state index contributed by atoms with van der Waals surface area (Å²) in [6.45, 7) is 6.89. The summed E-state index contributed by atoms with van der Waals surface area (Å²) >= 11 is 0. The number of rotatable bonds is 6. The Hall–Kier alpha value is -4.01. The number of benzene rings is 2. The molecule has 202 valence electrons. The second-order valence-electron chi connectivity index (χ2n) is 10.3. The zero-order valence-corrected chi connectivity index (χ0v) is 22.5. The molecule has 4 rings (SSSR count). The van der Waals surface area contributed by atoms with E-state index in [1.807, 2.05) is 32.9 Å².